The Morgan fingerprint density at radius 3 is 2.06 bits per heavy atom. The smallest absolute Gasteiger partial charge is 0.497 e. The minimum absolute atomic E-state index is 0.0891. The van der Waals surface area contributed by atoms with Crippen LogP contribution >= 0.6 is 0 Å². The molecule has 0 bridgehead atoms. The van der Waals surface area contributed by atoms with Crippen molar-refractivity contribution in [1.29, 1.82) is 0 Å². The second-order valence-corrected chi connectivity index (χ2v) is 6.71. The molecule has 1 aromatic heterocycles. The van der Waals surface area contributed by atoms with E-state index in [9.17, 15) is 23.1 Å². The van der Waals surface area contributed by atoms with Gasteiger partial charge in [0.2, 0.25) is 0 Å². The van der Waals surface area contributed by atoms with Crippen LogP contribution in [0.4, 0.5) is 13.2 Å². The number of carbonyl (C=O) groups is 1. The molecule has 4 aromatic rings. The molecule has 158 valence electrons. The molecule has 0 saturated heterocycles. The van der Waals surface area contributed by atoms with Crippen molar-refractivity contribution in [3.63, 3.8) is 0 Å². The summed E-state index contributed by atoms with van der Waals surface area (Å²) >= 11 is 0. The minimum Gasteiger partial charge on any atom is -0.497 e. The fourth-order valence-electron chi connectivity index (χ4n) is 3.41. The van der Waals surface area contributed by atoms with Gasteiger partial charge >= 0.3 is 12.3 Å². The van der Waals surface area contributed by atoms with E-state index in [0.717, 1.165) is 5.56 Å². The zero-order valence-electron chi connectivity index (χ0n) is 16.2. The SMILES string of the molecule is COc1ccc(-n2c(C(=O)O)cc3cc(-c4ccc(OC(F)(F)F)cc4)ccc32)cc1. The van der Waals surface area contributed by atoms with E-state index in [1.807, 2.05) is 0 Å². The van der Waals surface area contributed by atoms with Crippen molar-refractivity contribution in [2.45, 2.75) is 6.36 Å². The summed E-state index contributed by atoms with van der Waals surface area (Å²) in [5.41, 5.74) is 2.84. The number of aromatic carboxylic acids is 1. The summed E-state index contributed by atoms with van der Waals surface area (Å²) in [6.45, 7) is 0. The molecule has 0 fully saturated rings. The zero-order valence-corrected chi connectivity index (χ0v) is 16.2. The first kappa shape index (κ1) is 20.3. The van der Waals surface area contributed by atoms with Gasteiger partial charge in [-0.3, -0.25) is 0 Å². The first-order chi connectivity index (χ1) is 14.7. The van der Waals surface area contributed by atoms with E-state index in [1.165, 1.54) is 24.3 Å². The van der Waals surface area contributed by atoms with E-state index in [-0.39, 0.29) is 11.4 Å². The topological polar surface area (TPSA) is 60.7 Å². The van der Waals surface area contributed by atoms with Crippen LogP contribution in [0, 0.1) is 0 Å². The summed E-state index contributed by atoms with van der Waals surface area (Å²) in [7, 11) is 1.55. The maximum absolute atomic E-state index is 12.3. The average Bonchev–Trinajstić information content (AvgIpc) is 3.12. The maximum atomic E-state index is 12.3. The summed E-state index contributed by atoms with van der Waals surface area (Å²) in [4.78, 5) is 11.8. The molecule has 0 aliphatic carbocycles. The van der Waals surface area contributed by atoms with Crippen LogP contribution in [-0.2, 0) is 0 Å². The molecule has 4 rings (SSSR count). The predicted molar refractivity (Wildman–Crippen MR) is 109 cm³/mol. The number of ether oxygens (including phenoxy) is 2. The second kappa shape index (κ2) is 7.71. The van der Waals surface area contributed by atoms with Gasteiger partial charge in [0.1, 0.15) is 17.2 Å². The van der Waals surface area contributed by atoms with Crippen LogP contribution in [0.25, 0.3) is 27.7 Å². The van der Waals surface area contributed by atoms with Gasteiger partial charge in [0.15, 0.2) is 0 Å². The van der Waals surface area contributed by atoms with Gasteiger partial charge in [-0.2, -0.15) is 0 Å². The molecule has 1 heterocycles. The lowest BCUT2D eigenvalue weighted by molar-refractivity contribution is -0.274. The molecule has 1 N–H and O–H groups in total. The highest BCUT2D eigenvalue weighted by molar-refractivity contribution is 5.97. The first-order valence-corrected chi connectivity index (χ1v) is 9.14. The van der Waals surface area contributed by atoms with Crippen LogP contribution < -0.4 is 9.47 Å². The van der Waals surface area contributed by atoms with Crippen LogP contribution in [0.15, 0.2) is 72.8 Å². The lowest BCUT2D eigenvalue weighted by Crippen LogP contribution is -2.16. The van der Waals surface area contributed by atoms with Crippen LogP contribution in [0.1, 0.15) is 10.5 Å². The number of nitrogens with zero attached hydrogens (tertiary/aromatic N) is 1. The quantitative estimate of drug-likeness (QED) is 0.431. The van der Waals surface area contributed by atoms with Gasteiger partial charge in [0, 0.05) is 11.1 Å². The molecule has 0 atom stereocenters. The van der Waals surface area contributed by atoms with Gasteiger partial charge < -0.3 is 19.1 Å². The lowest BCUT2D eigenvalue weighted by Gasteiger charge is -2.11. The fourth-order valence-corrected chi connectivity index (χ4v) is 3.41. The van der Waals surface area contributed by atoms with Crippen molar-refractivity contribution in [2.24, 2.45) is 0 Å². The molecule has 0 radical (unpaired) electrons. The lowest BCUT2D eigenvalue weighted by atomic mass is 10.0. The summed E-state index contributed by atoms with van der Waals surface area (Å²) in [5.74, 6) is -0.740. The van der Waals surface area contributed by atoms with Gasteiger partial charge in [-0.25, -0.2) is 4.79 Å². The van der Waals surface area contributed by atoms with Crippen molar-refractivity contribution < 1.29 is 32.5 Å². The number of rotatable bonds is 5. The maximum Gasteiger partial charge on any atom is 0.573 e. The molecule has 0 aliphatic rings. The number of aromatic nitrogens is 1. The van der Waals surface area contributed by atoms with Crippen molar-refractivity contribution in [3.8, 4) is 28.3 Å². The van der Waals surface area contributed by atoms with E-state index in [1.54, 1.807) is 60.2 Å². The van der Waals surface area contributed by atoms with Gasteiger partial charge in [-0.15, -0.1) is 13.2 Å². The van der Waals surface area contributed by atoms with Crippen molar-refractivity contribution >= 4 is 16.9 Å². The number of halogens is 3. The molecule has 0 saturated carbocycles. The highest BCUT2D eigenvalue weighted by Crippen LogP contribution is 2.31. The number of hydrogen-bond donors (Lipinski definition) is 1. The van der Waals surface area contributed by atoms with Crippen LogP contribution in [0.2, 0.25) is 0 Å². The molecule has 5 nitrogen and oxygen atoms in total. The molecule has 0 spiro atoms. The summed E-state index contributed by atoms with van der Waals surface area (Å²) in [5, 5.41) is 10.4. The zero-order chi connectivity index (χ0) is 22.2. The average molecular weight is 427 g/mol. The standard InChI is InChI=1S/C23H16F3NO4/c1-30-18-9-5-17(6-10-18)27-20-11-4-15(12-16(20)13-21(27)22(28)29)14-2-7-19(8-3-14)31-23(24,25)26/h2-13H,1H3,(H,28,29). The predicted octanol–water partition coefficient (Wildman–Crippen LogP) is 5.90. The largest absolute Gasteiger partial charge is 0.573 e. The molecular weight excluding hydrogens is 411 g/mol. The molecule has 0 aliphatic heterocycles. The number of methoxy groups -OCH3 is 1. The van der Waals surface area contributed by atoms with E-state index >= 15 is 0 Å². The summed E-state index contributed by atoms with van der Waals surface area (Å²) < 4.78 is 47.7. The number of carboxylic acids is 1. The Labute approximate surface area is 174 Å². The van der Waals surface area contributed by atoms with Gasteiger partial charge in [-0.1, -0.05) is 18.2 Å². The number of carboxylic acid groups (broad SMARTS) is 1. The third kappa shape index (κ3) is 4.18. The Kier molecular flexibility index (Phi) is 5.06. The van der Waals surface area contributed by atoms with Crippen LogP contribution in [-0.4, -0.2) is 29.1 Å². The van der Waals surface area contributed by atoms with E-state index in [0.29, 0.717) is 27.9 Å². The van der Waals surface area contributed by atoms with Gasteiger partial charge in [-0.05, 0) is 65.7 Å². The van der Waals surface area contributed by atoms with Crippen molar-refractivity contribution in [2.75, 3.05) is 7.11 Å². The molecular formula is C23H16F3NO4. The Balaban J connectivity index is 1.75. The first-order valence-electron chi connectivity index (χ1n) is 9.14. The Morgan fingerprint density at radius 1 is 0.871 bits per heavy atom. The van der Waals surface area contributed by atoms with E-state index < -0.39 is 12.3 Å². The van der Waals surface area contributed by atoms with Crippen molar-refractivity contribution in [1.82, 2.24) is 4.57 Å². The number of fused-ring (bicyclic) bond motifs is 1. The third-order valence-electron chi connectivity index (χ3n) is 4.77. The Bertz CT molecular complexity index is 1240. The summed E-state index contributed by atoms with van der Waals surface area (Å²) in [6.07, 6.45) is -4.75. The molecule has 8 heteroatoms. The number of benzene rings is 3. The highest BCUT2D eigenvalue weighted by Gasteiger charge is 2.31. The molecule has 0 amide bonds. The minimum atomic E-state index is -4.75. The normalized spacial score (nSPS) is 11.5. The van der Waals surface area contributed by atoms with E-state index in [4.69, 9.17) is 4.74 Å². The third-order valence-corrected chi connectivity index (χ3v) is 4.77. The molecule has 3 aromatic carbocycles. The Hall–Kier alpha value is -3.94. The number of alkyl halides is 3. The molecule has 31 heavy (non-hydrogen) atoms. The van der Waals surface area contributed by atoms with Crippen molar-refractivity contribution in [3.05, 3.63) is 78.5 Å². The fraction of sp³-hybridized carbons (Fsp3) is 0.0870. The summed E-state index contributed by atoms with van der Waals surface area (Å²) in [6, 6.07) is 19.4. The van der Waals surface area contributed by atoms with Gasteiger partial charge in [0.25, 0.3) is 0 Å². The Morgan fingerprint density at radius 2 is 1.48 bits per heavy atom. The number of hydrogen-bond acceptors (Lipinski definition) is 3. The molecule has 0 unspecified atom stereocenters. The monoisotopic (exact) mass is 427 g/mol. The van der Waals surface area contributed by atoms with Crippen LogP contribution in [0.3, 0.4) is 0 Å². The van der Waals surface area contributed by atoms with Gasteiger partial charge in [0.05, 0.1) is 12.6 Å². The second-order valence-electron chi connectivity index (χ2n) is 6.71. The van der Waals surface area contributed by atoms with E-state index in [2.05, 4.69) is 4.74 Å². The highest BCUT2D eigenvalue weighted by atomic mass is 19.4. The van der Waals surface area contributed by atoms with Crippen LogP contribution in [0.5, 0.6) is 11.5 Å².